The molecule has 290 valence electrons. The molecule has 1 N–H and O–H groups in total. The number of nitrogens with zero attached hydrogens (tertiary/aromatic N) is 1. The molecule has 0 saturated heterocycles. The third-order valence-electron chi connectivity index (χ3n) is 10.4. The van der Waals surface area contributed by atoms with Crippen molar-refractivity contribution in [3.8, 4) is 0 Å². The van der Waals surface area contributed by atoms with E-state index < -0.39 is 7.75 Å². The lowest BCUT2D eigenvalue weighted by Crippen LogP contribution is -2.24. The lowest BCUT2D eigenvalue weighted by atomic mass is 10.0. The molecule has 0 aliphatic heterocycles. The van der Waals surface area contributed by atoms with E-state index in [1.807, 2.05) is 4.67 Å². The molecule has 0 amide bonds. The van der Waals surface area contributed by atoms with Gasteiger partial charge < -0.3 is 4.89 Å². The zero-order valence-electron chi connectivity index (χ0n) is 33.4. The van der Waals surface area contributed by atoms with Crippen LogP contribution in [-0.4, -0.2) is 29.3 Å². The summed E-state index contributed by atoms with van der Waals surface area (Å²) in [6, 6.07) is 0. The van der Waals surface area contributed by atoms with Crippen LogP contribution < -0.4 is 0 Å². The lowest BCUT2D eigenvalue weighted by Gasteiger charge is -2.26. The molecule has 0 radical (unpaired) electrons. The molecule has 0 aliphatic rings. The zero-order valence-corrected chi connectivity index (χ0v) is 34.3. The molecule has 1 atom stereocenters. The van der Waals surface area contributed by atoms with Crippen LogP contribution in [-0.2, 0) is 9.09 Å². The zero-order chi connectivity index (χ0) is 35.1. The lowest BCUT2D eigenvalue weighted by molar-refractivity contribution is 0.194. The van der Waals surface area contributed by atoms with Gasteiger partial charge in [-0.15, -0.1) is 0 Å². The van der Waals surface area contributed by atoms with E-state index in [1.54, 1.807) is 0 Å². The van der Waals surface area contributed by atoms with Crippen molar-refractivity contribution in [3.63, 3.8) is 0 Å². The minimum atomic E-state index is -3.70. The SMILES string of the molecule is CCCCCCCCCCCCCCCCCCN(CCCCCCCCCCCCCCCCCC)P(=O)(O)OCCCCCCC. The smallest absolute Gasteiger partial charge is 0.312 e. The van der Waals surface area contributed by atoms with Crippen molar-refractivity contribution >= 4 is 7.75 Å². The van der Waals surface area contributed by atoms with Crippen molar-refractivity contribution in [1.29, 1.82) is 0 Å². The maximum atomic E-state index is 13.2. The first-order chi connectivity index (χ1) is 23.6. The van der Waals surface area contributed by atoms with Crippen LogP contribution in [0.25, 0.3) is 0 Å². The maximum Gasteiger partial charge on any atom is 0.405 e. The second kappa shape index (κ2) is 39.9. The molecule has 4 nitrogen and oxygen atoms in total. The van der Waals surface area contributed by atoms with Crippen LogP contribution in [0.5, 0.6) is 0 Å². The Bertz CT molecular complexity index is 610. The van der Waals surface area contributed by atoms with Crippen LogP contribution in [0.3, 0.4) is 0 Å². The second-order valence-corrected chi connectivity index (χ2v) is 17.1. The Labute approximate surface area is 303 Å². The minimum Gasteiger partial charge on any atom is -0.312 e. The van der Waals surface area contributed by atoms with Gasteiger partial charge in [-0.2, -0.15) is 0 Å². The van der Waals surface area contributed by atoms with Gasteiger partial charge in [0, 0.05) is 13.1 Å². The molecule has 48 heavy (non-hydrogen) atoms. The summed E-state index contributed by atoms with van der Waals surface area (Å²) in [7, 11) is -3.70. The van der Waals surface area contributed by atoms with Crippen molar-refractivity contribution in [1.82, 2.24) is 4.67 Å². The van der Waals surface area contributed by atoms with Crippen molar-refractivity contribution in [2.45, 2.75) is 258 Å². The van der Waals surface area contributed by atoms with Crippen molar-refractivity contribution in [3.05, 3.63) is 0 Å². The molecule has 0 aromatic rings. The highest BCUT2D eigenvalue weighted by Crippen LogP contribution is 2.47. The molecule has 0 bridgehead atoms. The number of hydrogen-bond acceptors (Lipinski definition) is 2. The first-order valence-corrected chi connectivity index (χ1v) is 23.8. The van der Waals surface area contributed by atoms with Crippen molar-refractivity contribution in [2.75, 3.05) is 19.7 Å². The summed E-state index contributed by atoms with van der Waals surface area (Å²) in [5.41, 5.74) is 0. The van der Waals surface area contributed by atoms with Crippen molar-refractivity contribution in [2.24, 2.45) is 0 Å². The molecule has 0 aliphatic carbocycles. The average molecular weight is 700 g/mol. The van der Waals surface area contributed by atoms with Crippen LogP contribution in [0, 0.1) is 0 Å². The summed E-state index contributed by atoms with van der Waals surface area (Å²) < 4.78 is 20.7. The van der Waals surface area contributed by atoms with Crippen LogP contribution >= 0.6 is 7.75 Å². The highest BCUT2D eigenvalue weighted by atomic mass is 31.2. The molecule has 0 aromatic carbocycles. The third-order valence-corrected chi connectivity index (χ3v) is 12.0. The van der Waals surface area contributed by atoms with Gasteiger partial charge >= 0.3 is 7.75 Å². The molecule has 0 heterocycles. The molecule has 0 rings (SSSR count). The molecular formula is C43H90NO3P. The van der Waals surface area contributed by atoms with Gasteiger partial charge in [-0.05, 0) is 19.3 Å². The molecular weight excluding hydrogens is 609 g/mol. The van der Waals surface area contributed by atoms with Gasteiger partial charge in [-0.1, -0.05) is 239 Å². The topological polar surface area (TPSA) is 49.8 Å². The van der Waals surface area contributed by atoms with Crippen LogP contribution in [0.15, 0.2) is 0 Å². The molecule has 0 fully saturated rings. The van der Waals surface area contributed by atoms with E-state index in [4.69, 9.17) is 4.52 Å². The molecule has 0 spiro atoms. The van der Waals surface area contributed by atoms with E-state index in [0.29, 0.717) is 19.7 Å². The minimum absolute atomic E-state index is 0.409. The normalized spacial score (nSPS) is 13.1. The Hall–Kier alpha value is 0.110. The largest absolute Gasteiger partial charge is 0.405 e. The summed E-state index contributed by atoms with van der Waals surface area (Å²) in [5.74, 6) is 0. The summed E-state index contributed by atoms with van der Waals surface area (Å²) in [6.45, 7) is 8.60. The Balaban J connectivity index is 4.04. The quantitative estimate of drug-likeness (QED) is 0.0509. The van der Waals surface area contributed by atoms with Gasteiger partial charge in [0.15, 0.2) is 0 Å². The van der Waals surface area contributed by atoms with Gasteiger partial charge in [-0.3, -0.25) is 4.52 Å². The molecule has 1 unspecified atom stereocenters. The van der Waals surface area contributed by atoms with Crippen LogP contribution in [0.4, 0.5) is 0 Å². The van der Waals surface area contributed by atoms with Crippen LogP contribution in [0.1, 0.15) is 258 Å². The fourth-order valence-electron chi connectivity index (χ4n) is 7.02. The van der Waals surface area contributed by atoms with E-state index in [2.05, 4.69) is 20.8 Å². The van der Waals surface area contributed by atoms with Gasteiger partial charge in [0.2, 0.25) is 0 Å². The standard InChI is InChI=1S/C43H90NO3P/c1-4-7-10-13-15-17-19-21-23-25-27-29-31-33-35-38-41-44(48(45,46)47-43-40-37-12-9-6-3)42-39-36-34-32-30-28-26-24-22-20-18-16-14-11-8-5-2/h4-43H2,1-3H3,(H,45,46). The Morgan fingerprint density at radius 1 is 0.354 bits per heavy atom. The Morgan fingerprint density at radius 2 is 0.562 bits per heavy atom. The van der Waals surface area contributed by atoms with Gasteiger partial charge in [0.1, 0.15) is 0 Å². The van der Waals surface area contributed by atoms with Gasteiger partial charge in [0.25, 0.3) is 0 Å². The van der Waals surface area contributed by atoms with Crippen molar-refractivity contribution < 1.29 is 14.0 Å². The summed E-state index contributed by atoms with van der Waals surface area (Å²) >= 11 is 0. The number of rotatable bonds is 42. The maximum absolute atomic E-state index is 13.2. The highest BCUT2D eigenvalue weighted by Gasteiger charge is 2.28. The monoisotopic (exact) mass is 700 g/mol. The third kappa shape index (κ3) is 35.9. The first-order valence-electron chi connectivity index (χ1n) is 22.3. The number of unbranched alkanes of at least 4 members (excludes halogenated alkanes) is 34. The highest BCUT2D eigenvalue weighted by molar-refractivity contribution is 7.50. The summed E-state index contributed by atoms with van der Waals surface area (Å²) in [6.07, 6.45) is 48.8. The van der Waals surface area contributed by atoms with E-state index in [0.717, 1.165) is 38.5 Å². The van der Waals surface area contributed by atoms with E-state index in [9.17, 15) is 9.46 Å². The Kier molecular flexibility index (Phi) is 40.0. The van der Waals surface area contributed by atoms with E-state index in [-0.39, 0.29) is 0 Å². The average Bonchev–Trinajstić information content (AvgIpc) is 3.08. The molecule has 0 saturated carbocycles. The predicted octanol–water partition coefficient (Wildman–Crippen LogP) is 15.9. The molecule has 5 heteroatoms. The van der Waals surface area contributed by atoms with Gasteiger partial charge in [0.05, 0.1) is 6.61 Å². The molecule has 0 aromatic heterocycles. The predicted molar refractivity (Wildman–Crippen MR) is 215 cm³/mol. The second-order valence-electron chi connectivity index (χ2n) is 15.3. The van der Waals surface area contributed by atoms with E-state index >= 15 is 0 Å². The van der Waals surface area contributed by atoms with Crippen LogP contribution in [0.2, 0.25) is 0 Å². The van der Waals surface area contributed by atoms with E-state index in [1.165, 1.54) is 199 Å². The fourth-order valence-corrected chi connectivity index (χ4v) is 8.34. The number of hydrogen-bond donors (Lipinski definition) is 1. The summed E-state index contributed by atoms with van der Waals surface area (Å²) in [5, 5.41) is 0. The Morgan fingerprint density at radius 3 is 0.812 bits per heavy atom. The fraction of sp³-hybridized carbons (Fsp3) is 1.00. The van der Waals surface area contributed by atoms with Gasteiger partial charge in [-0.25, -0.2) is 9.24 Å². The first kappa shape index (κ1) is 48.1. The summed E-state index contributed by atoms with van der Waals surface area (Å²) in [4.78, 5) is 10.9.